The summed E-state index contributed by atoms with van der Waals surface area (Å²) in [7, 11) is 0. The summed E-state index contributed by atoms with van der Waals surface area (Å²) in [4.78, 5) is 29.4. The Hall–Kier alpha value is -2.86. The summed E-state index contributed by atoms with van der Waals surface area (Å²) >= 11 is 6.10. The number of fused-ring (bicyclic) bond motifs is 1. The molecule has 2 N–H and O–H groups in total. The van der Waals surface area contributed by atoms with Crippen molar-refractivity contribution in [3.05, 3.63) is 65.2 Å². The first-order valence-electron chi connectivity index (χ1n) is 8.43. The number of nitrogens with zero attached hydrogens (tertiary/aromatic N) is 2. The molecule has 2 amide bonds. The van der Waals surface area contributed by atoms with E-state index in [-0.39, 0.29) is 17.4 Å². The van der Waals surface area contributed by atoms with Gasteiger partial charge in [-0.1, -0.05) is 43.1 Å². The molecular formula is C19H19ClN4O2. The van der Waals surface area contributed by atoms with Crippen molar-refractivity contribution in [3.63, 3.8) is 0 Å². The predicted molar refractivity (Wildman–Crippen MR) is 102 cm³/mol. The number of nitrogens with one attached hydrogen (secondary N) is 2. The number of carbonyl (C=O) groups is 2. The van der Waals surface area contributed by atoms with Crippen LogP contribution in [0.3, 0.4) is 0 Å². The average molecular weight is 371 g/mol. The number of amides is 2. The third-order valence-corrected chi connectivity index (χ3v) is 4.23. The standard InChI is InChI=1S/C19H19ClN4O2/c1-2-3-11-21-19(26)17-23-16(15-10-6-7-12-24(15)17)18(25)22-14-9-5-4-8-13(14)20/h4-10,12H,2-3,11H2,1H3,(H,21,26)(H,22,25). The van der Waals surface area contributed by atoms with E-state index in [9.17, 15) is 9.59 Å². The van der Waals surface area contributed by atoms with Crippen molar-refractivity contribution in [2.24, 2.45) is 0 Å². The lowest BCUT2D eigenvalue weighted by molar-refractivity contribution is 0.0942. The number of imidazole rings is 1. The minimum atomic E-state index is -0.422. The van der Waals surface area contributed by atoms with E-state index in [0.717, 1.165) is 12.8 Å². The van der Waals surface area contributed by atoms with Crippen LogP contribution in [0.25, 0.3) is 5.52 Å². The molecule has 0 bridgehead atoms. The monoisotopic (exact) mass is 370 g/mol. The van der Waals surface area contributed by atoms with Crippen molar-refractivity contribution in [3.8, 4) is 0 Å². The maximum atomic E-state index is 12.7. The normalized spacial score (nSPS) is 10.7. The molecule has 0 spiro atoms. The Kier molecular flexibility index (Phi) is 5.53. The first-order chi connectivity index (χ1) is 12.6. The predicted octanol–water partition coefficient (Wildman–Crippen LogP) is 3.77. The molecule has 0 atom stereocenters. The molecule has 0 fully saturated rings. The number of unbranched alkanes of at least 4 members (excludes halogenated alkanes) is 1. The second kappa shape index (κ2) is 8.01. The zero-order valence-corrected chi connectivity index (χ0v) is 15.1. The zero-order chi connectivity index (χ0) is 18.5. The number of carbonyl (C=O) groups excluding carboxylic acids is 2. The first-order valence-corrected chi connectivity index (χ1v) is 8.80. The Balaban J connectivity index is 1.92. The van der Waals surface area contributed by atoms with Crippen LogP contribution >= 0.6 is 11.6 Å². The molecule has 2 heterocycles. The Bertz CT molecular complexity index is 952. The van der Waals surface area contributed by atoms with Gasteiger partial charge < -0.3 is 10.6 Å². The fourth-order valence-corrected chi connectivity index (χ4v) is 2.75. The van der Waals surface area contributed by atoms with Gasteiger partial charge in [0.15, 0.2) is 5.69 Å². The Morgan fingerprint density at radius 3 is 2.65 bits per heavy atom. The van der Waals surface area contributed by atoms with Gasteiger partial charge in [-0.05, 0) is 30.7 Å². The second-order valence-electron chi connectivity index (χ2n) is 5.78. The van der Waals surface area contributed by atoms with Crippen molar-refractivity contribution in [2.45, 2.75) is 19.8 Å². The molecule has 0 aliphatic rings. The van der Waals surface area contributed by atoms with Crippen molar-refractivity contribution >= 4 is 34.6 Å². The molecule has 0 saturated carbocycles. The smallest absolute Gasteiger partial charge is 0.287 e. The number of aromatic nitrogens is 2. The molecule has 0 aliphatic heterocycles. The Morgan fingerprint density at radius 1 is 1.12 bits per heavy atom. The number of halogens is 1. The van der Waals surface area contributed by atoms with Crippen LogP contribution in [0.1, 0.15) is 40.9 Å². The molecule has 7 heteroatoms. The molecule has 2 aromatic heterocycles. The van der Waals surface area contributed by atoms with Gasteiger partial charge in [0.1, 0.15) is 0 Å². The van der Waals surface area contributed by atoms with Crippen LogP contribution < -0.4 is 10.6 Å². The van der Waals surface area contributed by atoms with Crippen molar-refractivity contribution < 1.29 is 9.59 Å². The first kappa shape index (κ1) is 17.9. The number of anilines is 1. The van der Waals surface area contributed by atoms with Gasteiger partial charge in [0.05, 0.1) is 16.2 Å². The number of benzene rings is 1. The quantitative estimate of drug-likeness (QED) is 0.648. The van der Waals surface area contributed by atoms with Crippen LogP contribution in [0.4, 0.5) is 5.69 Å². The van der Waals surface area contributed by atoms with Gasteiger partial charge in [0.25, 0.3) is 11.8 Å². The van der Waals surface area contributed by atoms with Gasteiger partial charge in [-0.25, -0.2) is 4.98 Å². The highest BCUT2D eigenvalue weighted by Gasteiger charge is 2.21. The largest absolute Gasteiger partial charge is 0.349 e. The summed E-state index contributed by atoms with van der Waals surface area (Å²) < 4.78 is 1.61. The highest BCUT2D eigenvalue weighted by Crippen LogP contribution is 2.22. The number of pyridine rings is 1. The molecule has 1 aromatic carbocycles. The molecule has 3 aromatic rings. The van der Waals surface area contributed by atoms with Crippen molar-refractivity contribution in [1.82, 2.24) is 14.7 Å². The molecule has 0 radical (unpaired) electrons. The van der Waals surface area contributed by atoms with Crippen LogP contribution in [0.5, 0.6) is 0 Å². The minimum absolute atomic E-state index is 0.172. The summed E-state index contributed by atoms with van der Waals surface area (Å²) in [6.45, 7) is 2.62. The Labute approximate surface area is 156 Å². The molecule has 0 saturated heterocycles. The summed E-state index contributed by atoms with van der Waals surface area (Å²) in [5, 5.41) is 6.01. The highest BCUT2D eigenvalue weighted by molar-refractivity contribution is 6.34. The van der Waals surface area contributed by atoms with Gasteiger partial charge >= 0.3 is 0 Å². The topological polar surface area (TPSA) is 75.5 Å². The SMILES string of the molecule is CCCCNC(=O)c1nc(C(=O)Nc2ccccc2Cl)c2ccccn12. The fraction of sp³-hybridized carbons (Fsp3) is 0.211. The van der Waals surface area contributed by atoms with E-state index in [2.05, 4.69) is 15.6 Å². The van der Waals surface area contributed by atoms with E-state index < -0.39 is 5.91 Å². The lowest BCUT2D eigenvalue weighted by Crippen LogP contribution is -2.26. The Morgan fingerprint density at radius 2 is 1.88 bits per heavy atom. The van der Waals surface area contributed by atoms with Gasteiger partial charge in [-0.15, -0.1) is 0 Å². The molecule has 134 valence electrons. The second-order valence-corrected chi connectivity index (χ2v) is 6.19. The highest BCUT2D eigenvalue weighted by atomic mass is 35.5. The van der Waals surface area contributed by atoms with E-state index in [4.69, 9.17) is 11.6 Å². The van der Waals surface area contributed by atoms with Crippen LogP contribution in [-0.2, 0) is 0 Å². The van der Waals surface area contributed by atoms with Crippen molar-refractivity contribution in [2.75, 3.05) is 11.9 Å². The van der Waals surface area contributed by atoms with E-state index in [1.807, 2.05) is 6.92 Å². The van der Waals surface area contributed by atoms with Gasteiger partial charge in [-0.2, -0.15) is 0 Å². The summed E-state index contributed by atoms with van der Waals surface area (Å²) in [6, 6.07) is 12.3. The van der Waals surface area contributed by atoms with Crippen molar-refractivity contribution in [1.29, 1.82) is 0 Å². The zero-order valence-electron chi connectivity index (χ0n) is 14.3. The van der Waals surface area contributed by atoms with E-state index >= 15 is 0 Å². The molecule has 26 heavy (non-hydrogen) atoms. The molecular weight excluding hydrogens is 352 g/mol. The summed E-state index contributed by atoms with van der Waals surface area (Å²) in [6.07, 6.45) is 3.58. The number of rotatable bonds is 6. The summed E-state index contributed by atoms with van der Waals surface area (Å²) in [5.41, 5.74) is 1.22. The average Bonchev–Trinajstić information content (AvgIpc) is 3.04. The lowest BCUT2D eigenvalue weighted by Gasteiger charge is -2.05. The van der Waals surface area contributed by atoms with E-state index in [1.165, 1.54) is 0 Å². The molecule has 6 nitrogen and oxygen atoms in total. The lowest BCUT2D eigenvalue weighted by atomic mass is 10.3. The number of hydrogen-bond acceptors (Lipinski definition) is 3. The van der Waals surface area contributed by atoms with Gasteiger partial charge in [-0.3, -0.25) is 14.0 Å². The fourth-order valence-electron chi connectivity index (χ4n) is 2.57. The molecule has 0 aliphatic carbocycles. The third-order valence-electron chi connectivity index (χ3n) is 3.90. The molecule has 3 rings (SSSR count). The summed E-state index contributed by atoms with van der Waals surface area (Å²) in [5.74, 6) is -0.549. The number of hydrogen-bond donors (Lipinski definition) is 2. The van der Waals surface area contributed by atoms with Crippen LogP contribution in [0, 0.1) is 0 Å². The minimum Gasteiger partial charge on any atom is -0.349 e. The number of para-hydroxylation sites is 1. The van der Waals surface area contributed by atoms with Gasteiger partial charge in [0.2, 0.25) is 5.82 Å². The third kappa shape index (κ3) is 3.70. The van der Waals surface area contributed by atoms with E-state index in [1.54, 1.807) is 53.1 Å². The van der Waals surface area contributed by atoms with Gasteiger partial charge in [0, 0.05) is 12.7 Å². The van der Waals surface area contributed by atoms with E-state index in [0.29, 0.717) is 22.8 Å². The van der Waals surface area contributed by atoms with Crippen LogP contribution in [-0.4, -0.2) is 27.7 Å². The van der Waals surface area contributed by atoms with Crippen LogP contribution in [0.2, 0.25) is 5.02 Å². The van der Waals surface area contributed by atoms with Crippen LogP contribution in [0.15, 0.2) is 48.7 Å². The molecule has 0 unspecified atom stereocenters. The maximum absolute atomic E-state index is 12.7. The maximum Gasteiger partial charge on any atom is 0.287 e.